The molecule has 0 unspecified atom stereocenters. The van der Waals surface area contributed by atoms with E-state index in [9.17, 15) is 9.18 Å². The summed E-state index contributed by atoms with van der Waals surface area (Å²) in [5, 5.41) is 5.35. The van der Waals surface area contributed by atoms with Crippen molar-refractivity contribution in [3.63, 3.8) is 0 Å². The summed E-state index contributed by atoms with van der Waals surface area (Å²) in [5.41, 5.74) is -0.296. The van der Waals surface area contributed by atoms with Gasteiger partial charge < -0.3 is 29.2 Å². The van der Waals surface area contributed by atoms with E-state index in [0.29, 0.717) is 65.0 Å². The lowest BCUT2D eigenvalue weighted by Gasteiger charge is -2.40. The minimum Gasteiger partial charge on any atom is -0.475 e. The average molecular weight is 725 g/mol. The van der Waals surface area contributed by atoms with Crippen LogP contribution in [0.1, 0.15) is 58.4 Å². The number of rotatable bonds is 7. The second kappa shape index (κ2) is 12.7. The molecule has 5 atom stereocenters. The highest BCUT2D eigenvalue weighted by Gasteiger charge is 2.50. The van der Waals surface area contributed by atoms with Gasteiger partial charge in [0.15, 0.2) is 5.82 Å². The Morgan fingerprint density at radius 3 is 2.85 bits per heavy atom. The molecular formula is C40H42F2N6O5. The largest absolute Gasteiger partial charge is 0.475 e. The molecule has 4 fully saturated rings. The molecule has 0 aliphatic carbocycles. The van der Waals surface area contributed by atoms with Crippen molar-refractivity contribution < 1.29 is 32.5 Å². The summed E-state index contributed by atoms with van der Waals surface area (Å²) >= 11 is 0. The Labute approximate surface area is 306 Å². The molecule has 13 heteroatoms. The van der Waals surface area contributed by atoms with Crippen molar-refractivity contribution >= 4 is 33.5 Å². The summed E-state index contributed by atoms with van der Waals surface area (Å²) in [6, 6.07) is 9.22. The minimum absolute atomic E-state index is 0.00358. The number of carbonyl (C=O) groups excluding carboxylic acids is 1. The highest BCUT2D eigenvalue weighted by Crippen LogP contribution is 2.45. The smallest absolute Gasteiger partial charge is 0.319 e. The number of hydrogen-bond donors (Lipinski definition) is 1. The van der Waals surface area contributed by atoms with Crippen LogP contribution in [0.3, 0.4) is 0 Å². The maximum atomic E-state index is 17.5. The number of anilines is 1. The average Bonchev–Trinajstić information content (AvgIpc) is 3.77. The van der Waals surface area contributed by atoms with E-state index in [1.54, 1.807) is 39.0 Å². The maximum Gasteiger partial charge on any atom is 0.319 e. The normalized spacial score (nSPS) is 26.2. The molecule has 0 spiro atoms. The molecule has 1 N–H and O–H groups in total. The van der Waals surface area contributed by atoms with Crippen LogP contribution in [0.25, 0.3) is 32.9 Å². The molecule has 276 valence electrons. The zero-order valence-electron chi connectivity index (χ0n) is 30.1. The molecule has 5 aliphatic heterocycles. The van der Waals surface area contributed by atoms with Gasteiger partial charge in [0.25, 0.3) is 0 Å². The van der Waals surface area contributed by atoms with E-state index in [-0.39, 0.29) is 54.6 Å². The third-order valence-corrected chi connectivity index (χ3v) is 11.6. The van der Waals surface area contributed by atoms with Gasteiger partial charge in [-0.25, -0.2) is 13.8 Å². The third kappa shape index (κ3) is 5.78. The lowest BCUT2D eigenvalue weighted by Crippen LogP contribution is -2.60. The molecule has 2 aromatic carbocycles. The first-order valence-electron chi connectivity index (χ1n) is 18.4. The molecule has 4 saturated heterocycles. The van der Waals surface area contributed by atoms with Crippen LogP contribution in [0.2, 0.25) is 0 Å². The van der Waals surface area contributed by atoms with Crippen LogP contribution in [0.5, 0.6) is 17.6 Å². The first-order chi connectivity index (χ1) is 25.5. The summed E-state index contributed by atoms with van der Waals surface area (Å²) in [5.74, 6) is 2.65. The Balaban J connectivity index is 1.18. The maximum absolute atomic E-state index is 17.5. The van der Waals surface area contributed by atoms with Crippen molar-refractivity contribution in [2.24, 2.45) is 5.41 Å². The number of nitrogens with zero attached hydrogens (tertiary/aromatic N) is 5. The first kappa shape index (κ1) is 34.0. The van der Waals surface area contributed by atoms with Gasteiger partial charge in [-0.2, -0.15) is 9.97 Å². The van der Waals surface area contributed by atoms with Crippen LogP contribution >= 0.6 is 0 Å². The molecule has 0 radical (unpaired) electrons. The Bertz CT molecular complexity index is 2190. The fourth-order valence-electron chi connectivity index (χ4n) is 8.97. The Morgan fingerprint density at radius 2 is 2.02 bits per heavy atom. The van der Waals surface area contributed by atoms with Gasteiger partial charge in [-0.05, 0) is 76.6 Å². The predicted molar refractivity (Wildman–Crippen MR) is 194 cm³/mol. The Hall–Kier alpha value is -4.80. The number of piperazine rings is 1. The van der Waals surface area contributed by atoms with Gasteiger partial charge in [-0.15, -0.1) is 6.42 Å². The molecule has 2 aromatic heterocycles. The molecule has 0 saturated carbocycles. The first-order valence-corrected chi connectivity index (χ1v) is 18.4. The zero-order valence-corrected chi connectivity index (χ0v) is 30.1. The monoisotopic (exact) mass is 724 g/mol. The van der Waals surface area contributed by atoms with Gasteiger partial charge in [-0.3, -0.25) is 9.69 Å². The number of pyridine rings is 1. The van der Waals surface area contributed by atoms with Crippen LogP contribution in [-0.4, -0.2) is 95.3 Å². The molecular weight excluding hydrogens is 682 g/mol. The zero-order chi connectivity index (χ0) is 36.6. The summed E-state index contributed by atoms with van der Waals surface area (Å²) in [4.78, 5) is 31.3. The molecule has 9 rings (SSSR count). The van der Waals surface area contributed by atoms with Crippen molar-refractivity contribution in [3.8, 4) is 41.2 Å². The van der Waals surface area contributed by atoms with Crippen molar-refractivity contribution in [1.82, 2.24) is 25.2 Å². The molecule has 11 nitrogen and oxygen atoms in total. The number of terminal acetylenes is 1. The Morgan fingerprint density at radius 1 is 1.15 bits per heavy atom. The summed E-state index contributed by atoms with van der Waals surface area (Å²) in [7, 11) is 0. The van der Waals surface area contributed by atoms with Gasteiger partial charge in [-0.1, -0.05) is 18.1 Å². The van der Waals surface area contributed by atoms with E-state index in [0.717, 1.165) is 32.2 Å². The standard InChI is InChI=1S/C40H42F2N6O5/c1-5-22-8-6-9-23-14-26(52-21-53-37(49)39(2,3)4)15-27(30(22)23)33-32(42)34-31-35(48-18-25-10-11-28(43-25)29(48)19-50-36(31)44-33)46-38(45-34)51-20-40-12-7-13-47(40)17-24(41)16-40/h1,6,8-9,14-15,24-25,28-29,43H,7,10-13,16-21H2,2-4H3/t24-,25-,28+,29-,40+/m1/s1. The SMILES string of the molecule is C#Cc1cccc2cc(OCOC(=O)C(C)(C)C)cc(-c3nc4c5c(nc(OC[C@@]67CCCN6C[C@H](F)C7)nc5c3F)N3C[C@H]5CC[C@H](N5)[C@H]3CO4)c12. The van der Waals surface area contributed by atoms with Crippen molar-refractivity contribution in [3.05, 3.63) is 41.7 Å². The summed E-state index contributed by atoms with van der Waals surface area (Å²) in [6.45, 7) is 7.30. The van der Waals surface area contributed by atoms with Crippen molar-refractivity contribution in [2.45, 2.75) is 82.7 Å². The highest BCUT2D eigenvalue weighted by atomic mass is 19.1. The number of nitrogens with one attached hydrogen (secondary N) is 1. The van der Waals surface area contributed by atoms with Crippen LogP contribution in [0.4, 0.5) is 14.6 Å². The highest BCUT2D eigenvalue weighted by molar-refractivity contribution is 6.04. The number of carbonyl (C=O) groups is 1. The fraction of sp³-hybridized carbons (Fsp3) is 0.500. The quantitative estimate of drug-likeness (QED) is 0.147. The van der Waals surface area contributed by atoms with Gasteiger partial charge in [0.2, 0.25) is 12.7 Å². The second-order valence-electron chi connectivity index (χ2n) is 16.0. The van der Waals surface area contributed by atoms with Crippen molar-refractivity contribution in [1.29, 1.82) is 0 Å². The number of ether oxygens (including phenoxy) is 4. The number of alkyl halides is 1. The molecule has 5 aliphatic rings. The third-order valence-electron chi connectivity index (χ3n) is 11.6. The number of fused-ring (bicyclic) bond motifs is 7. The van der Waals surface area contributed by atoms with E-state index in [2.05, 4.69) is 21.0 Å². The minimum atomic E-state index is -0.919. The molecule has 4 aromatic rings. The Kier molecular flexibility index (Phi) is 8.12. The summed E-state index contributed by atoms with van der Waals surface area (Å²) in [6.07, 6.45) is 9.23. The van der Waals surface area contributed by atoms with Crippen molar-refractivity contribution in [2.75, 3.05) is 44.5 Å². The van der Waals surface area contributed by atoms with E-state index >= 15 is 4.39 Å². The van der Waals surface area contributed by atoms with E-state index in [1.165, 1.54) is 0 Å². The molecule has 2 bridgehead atoms. The van der Waals surface area contributed by atoms with Gasteiger partial charge >= 0.3 is 12.0 Å². The number of esters is 1. The number of hydrogen-bond acceptors (Lipinski definition) is 11. The van der Waals surface area contributed by atoms with E-state index in [1.807, 2.05) is 12.1 Å². The van der Waals surface area contributed by atoms with Crippen LogP contribution < -0.4 is 24.4 Å². The second-order valence-corrected chi connectivity index (χ2v) is 16.0. The van der Waals surface area contributed by atoms with Crippen LogP contribution in [0.15, 0.2) is 30.3 Å². The molecule has 53 heavy (non-hydrogen) atoms. The predicted octanol–water partition coefficient (Wildman–Crippen LogP) is 5.55. The number of benzene rings is 2. The molecule has 0 amide bonds. The fourth-order valence-corrected chi connectivity index (χ4v) is 8.97. The van der Waals surface area contributed by atoms with Gasteiger partial charge in [0.05, 0.1) is 17.0 Å². The van der Waals surface area contributed by atoms with Gasteiger partial charge in [0, 0.05) is 48.1 Å². The van der Waals surface area contributed by atoms with Crippen LogP contribution in [0, 0.1) is 23.6 Å². The van der Waals surface area contributed by atoms with E-state index in [4.69, 9.17) is 40.3 Å². The lowest BCUT2D eigenvalue weighted by molar-refractivity contribution is -0.159. The summed E-state index contributed by atoms with van der Waals surface area (Å²) < 4.78 is 56.2. The van der Waals surface area contributed by atoms with Gasteiger partial charge in [0.1, 0.15) is 47.5 Å². The molecule has 7 heterocycles. The van der Waals surface area contributed by atoms with Crippen LogP contribution in [-0.2, 0) is 9.53 Å². The number of halogens is 2. The lowest BCUT2D eigenvalue weighted by atomic mass is 9.95. The number of aromatic nitrogens is 3. The topological polar surface area (TPSA) is 111 Å². The van der Waals surface area contributed by atoms with E-state index < -0.39 is 28.9 Å².